The normalized spacial score (nSPS) is 14.4. The van der Waals surface area contributed by atoms with Crippen LogP contribution in [0.1, 0.15) is 39.8 Å². The van der Waals surface area contributed by atoms with Crippen LogP contribution >= 0.6 is 22.9 Å². The minimum absolute atomic E-state index is 0.0142. The lowest BCUT2D eigenvalue weighted by Gasteiger charge is -2.30. The molecule has 1 aromatic heterocycles. The van der Waals surface area contributed by atoms with E-state index in [0.29, 0.717) is 30.4 Å². The van der Waals surface area contributed by atoms with Gasteiger partial charge in [-0.15, -0.1) is 17.8 Å². The highest BCUT2D eigenvalue weighted by molar-refractivity contribution is 7.09. The van der Waals surface area contributed by atoms with Crippen molar-refractivity contribution in [2.75, 3.05) is 19.7 Å². The molecule has 2 amide bonds. The lowest BCUT2D eigenvalue weighted by atomic mass is 9.98. The number of terminal acetylenes is 1. The molecule has 0 unspecified atom stereocenters. The number of carbonyl (C=O) groups excluding carboxylic acids is 2. The van der Waals surface area contributed by atoms with Gasteiger partial charge in [0.05, 0.1) is 5.01 Å². The predicted octanol–water partition coefficient (Wildman–Crippen LogP) is 3.68. The van der Waals surface area contributed by atoms with Crippen molar-refractivity contribution in [2.45, 2.75) is 25.3 Å². The Labute approximate surface area is 172 Å². The fraction of sp³-hybridized carbons (Fsp3) is 0.350. The molecule has 0 saturated carbocycles. The summed E-state index contributed by atoms with van der Waals surface area (Å²) in [6.45, 7) is 1.58. The maximum Gasteiger partial charge on any atom is 0.410 e. The molecule has 1 aliphatic heterocycles. The molecule has 2 heterocycles. The Morgan fingerprint density at radius 3 is 2.71 bits per heavy atom. The van der Waals surface area contributed by atoms with Gasteiger partial charge < -0.3 is 15.0 Å². The number of rotatable bonds is 5. The average Bonchev–Trinajstić information content (AvgIpc) is 3.22. The highest BCUT2D eigenvalue weighted by Gasteiger charge is 2.27. The lowest BCUT2D eigenvalue weighted by molar-refractivity contribution is 0.0946. The molecule has 0 bridgehead atoms. The van der Waals surface area contributed by atoms with Crippen LogP contribution in [-0.4, -0.2) is 41.6 Å². The van der Waals surface area contributed by atoms with E-state index in [2.05, 4.69) is 16.2 Å². The molecule has 1 saturated heterocycles. The summed E-state index contributed by atoms with van der Waals surface area (Å²) in [6.07, 6.45) is 6.29. The minimum atomic E-state index is -0.377. The van der Waals surface area contributed by atoms with E-state index in [4.69, 9.17) is 22.8 Å². The molecule has 1 fully saturated rings. The number of piperidine rings is 1. The Morgan fingerprint density at radius 2 is 2.04 bits per heavy atom. The SMILES string of the molecule is C#CCOC(=O)N1CCC(c2nc(C(=O)NCc3ccc(Cl)cc3)cs2)CC1. The lowest BCUT2D eigenvalue weighted by Crippen LogP contribution is -2.38. The summed E-state index contributed by atoms with van der Waals surface area (Å²) in [5.41, 5.74) is 1.39. The van der Waals surface area contributed by atoms with Crippen molar-refractivity contribution in [1.29, 1.82) is 0 Å². The summed E-state index contributed by atoms with van der Waals surface area (Å²) in [5.74, 6) is 2.32. The molecule has 0 spiro atoms. The van der Waals surface area contributed by atoms with Crippen molar-refractivity contribution in [3.8, 4) is 12.3 Å². The van der Waals surface area contributed by atoms with Gasteiger partial charge in [0.1, 0.15) is 5.69 Å². The van der Waals surface area contributed by atoms with Crippen LogP contribution in [0.15, 0.2) is 29.6 Å². The van der Waals surface area contributed by atoms with Crippen LogP contribution in [0.5, 0.6) is 0 Å². The number of ether oxygens (including phenoxy) is 1. The second kappa shape index (κ2) is 9.58. The number of nitrogens with one attached hydrogen (secondary N) is 1. The number of hydrogen-bond donors (Lipinski definition) is 1. The Balaban J connectivity index is 1.50. The van der Waals surface area contributed by atoms with Gasteiger partial charge >= 0.3 is 6.09 Å². The Morgan fingerprint density at radius 1 is 1.32 bits per heavy atom. The molecule has 1 aliphatic rings. The largest absolute Gasteiger partial charge is 0.436 e. The zero-order chi connectivity index (χ0) is 19.9. The topological polar surface area (TPSA) is 71.5 Å². The first kappa shape index (κ1) is 20.2. The first-order valence-corrected chi connectivity index (χ1v) is 10.2. The number of amides is 2. The Kier molecular flexibility index (Phi) is 6.90. The summed E-state index contributed by atoms with van der Waals surface area (Å²) in [4.78, 5) is 30.3. The van der Waals surface area contributed by atoms with Gasteiger partial charge in [0.2, 0.25) is 0 Å². The number of hydrogen-bond acceptors (Lipinski definition) is 5. The van der Waals surface area contributed by atoms with Gasteiger partial charge in [-0.25, -0.2) is 9.78 Å². The maximum absolute atomic E-state index is 12.3. The van der Waals surface area contributed by atoms with Crippen molar-refractivity contribution >= 4 is 34.9 Å². The van der Waals surface area contributed by atoms with Gasteiger partial charge in [0, 0.05) is 36.0 Å². The molecular formula is C20H20ClN3O3S. The van der Waals surface area contributed by atoms with E-state index in [0.717, 1.165) is 23.4 Å². The van der Waals surface area contributed by atoms with Gasteiger partial charge in [-0.3, -0.25) is 4.79 Å². The van der Waals surface area contributed by atoms with Crippen LogP contribution in [0.3, 0.4) is 0 Å². The van der Waals surface area contributed by atoms with E-state index in [1.807, 2.05) is 12.1 Å². The van der Waals surface area contributed by atoms with E-state index in [1.165, 1.54) is 11.3 Å². The summed E-state index contributed by atoms with van der Waals surface area (Å²) in [5, 5.41) is 6.23. The third kappa shape index (κ3) is 5.24. The van der Waals surface area contributed by atoms with Gasteiger partial charge in [-0.05, 0) is 30.5 Å². The Bertz CT molecular complexity index is 868. The van der Waals surface area contributed by atoms with Gasteiger partial charge in [-0.1, -0.05) is 29.7 Å². The maximum atomic E-state index is 12.3. The zero-order valence-corrected chi connectivity index (χ0v) is 16.8. The van der Waals surface area contributed by atoms with Crippen LogP contribution < -0.4 is 5.32 Å². The second-order valence-corrected chi connectivity index (χ2v) is 7.73. The van der Waals surface area contributed by atoms with Crippen molar-refractivity contribution in [3.63, 3.8) is 0 Å². The van der Waals surface area contributed by atoms with Crippen LogP contribution in [-0.2, 0) is 11.3 Å². The first-order valence-electron chi connectivity index (χ1n) is 8.90. The molecule has 3 rings (SSSR count). The van der Waals surface area contributed by atoms with E-state index in [-0.39, 0.29) is 24.5 Å². The van der Waals surface area contributed by atoms with Gasteiger partial charge in [-0.2, -0.15) is 0 Å². The molecule has 0 atom stereocenters. The number of likely N-dealkylation sites (tertiary alicyclic amines) is 1. The molecule has 8 heteroatoms. The fourth-order valence-electron chi connectivity index (χ4n) is 2.96. The van der Waals surface area contributed by atoms with E-state index < -0.39 is 0 Å². The summed E-state index contributed by atoms with van der Waals surface area (Å²) >= 11 is 7.34. The standard InChI is InChI=1S/C20H20ClN3O3S/c1-2-11-27-20(26)24-9-7-15(8-10-24)19-23-17(13-28-19)18(25)22-12-14-3-5-16(21)6-4-14/h1,3-6,13,15H,7-12H2,(H,22,25). The molecule has 1 aromatic carbocycles. The molecule has 2 aromatic rings. The van der Waals surface area contributed by atoms with Crippen LogP contribution in [0.4, 0.5) is 4.79 Å². The fourth-order valence-corrected chi connectivity index (χ4v) is 4.06. The van der Waals surface area contributed by atoms with Crippen LogP contribution in [0, 0.1) is 12.3 Å². The van der Waals surface area contributed by atoms with Crippen molar-refractivity contribution in [3.05, 3.63) is 50.9 Å². The Hall–Kier alpha value is -2.56. The number of nitrogens with zero attached hydrogens (tertiary/aromatic N) is 2. The zero-order valence-electron chi connectivity index (χ0n) is 15.2. The van der Waals surface area contributed by atoms with Crippen LogP contribution in [0.2, 0.25) is 5.02 Å². The molecular weight excluding hydrogens is 398 g/mol. The number of carbonyl (C=O) groups is 2. The minimum Gasteiger partial charge on any atom is -0.436 e. The number of aromatic nitrogens is 1. The van der Waals surface area contributed by atoms with Crippen molar-refractivity contribution < 1.29 is 14.3 Å². The quantitative estimate of drug-likeness (QED) is 0.753. The third-order valence-electron chi connectivity index (χ3n) is 4.50. The first-order chi connectivity index (χ1) is 13.6. The highest BCUT2D eigenvalue weighted by atomic mass is 35.5. The van der Waals surface area contributed by atoms with Gasteiger partial charge in [0.25, 0.3) is 5.91 Å². The van der Waals surface area contributed by atoms with Gasteiger partial charge in [0.15, 0.2) is 6.61 Å². The van der Waals surface area contributed by atoms with E-state index in [1.54, 1.807) is 22.4 Å². The molecule has 28 heavy (non-hydrogen) atoms. The summed E-state index contributed by atoms with van der Waals surface area (Å²) in [6, 6.07) is 7.33. The second-order valence-electron chi connectivity index (χ2n) is 6.40. The highest BCUT2D eigenvalue weighted by Crippen LogP contribution is 2.30. The smallest absolute Gasteiger partial charge is 0.410 e. The molecule has 1 N–H and O–H groups in total. The van der Waals surface area contributed by atoms with Crippen molar-refractivity contribution in [2.24, 2.45) is 0 Å². The molecule has 6 nitrogen and oxygen atoms in total. The predicted molar refractivity (Wildman–Crippen MR) is 108 cm³/mol. The summed E-state index contributed by atoms with van der Waals surface area (Å²) in [7, 11) is 0. The molecule has 146 valence electrons. The van der Waals surface area contributed by atoms with E-state index >= 15 is 0 Å². The molecule has 0 radical (unpaired) electrons. The number of benzene rings is 1. The molecule has 0 aliphatic carbocycles. The monoisotopic (exact) mass is 417 g/mol. The van der Waals surface area contributed by atoms with Crippen molar-refractivity contribution in [1.82, 2.24) is 15.2 Å². The number of thiazole rings is 1. The van der Waals surface area contributed by atoms with E-state index in [9.17, 15) is 9.59 Å². The third-order valence-corrected chi connectivity index (χ3v) is 5.76. The number of halogens is 1. The summed E-state index contributed by atoms with van der Waals surface area (Å²) < 4.78 is 4.95. The average molecular weight is 418 g/mol. The van der Waals surface area contributed by atoms with Crippen LogP contribution in [0.25, 0.3) is 0 Å².